The van der Waals surface area contributed by atoms with Crippen molar-refractivity contribution in [3.8, 4) is 0 Å². The van der Waals surface area contributed by atoms with Crippen LogP contribution < -0.4 is 5.73 Å². The molecule has 0 amide bonds. The molecule has 0 aromatic heterocycles. The van der Waals surface area contributed by atoms with E-state index < -0.39 is 11.5 Å². The summed E-state index contributed by atoms with van der Waals surface area (Å²) in [5.41, 5.74) is 4.80. The Bertz CT molecular complexity index is 185. The number of rotatable bonds is 6. The van der Waals surface area contributed by atoms with Gasteiger partial charge in [-0.25, -0.2) is 0 Å². The quantitative estimate of drug-likeness (QED) is 0.629. The van der Waals surface area contributed by atoms with Crippen LogP contribution in [0.4, 0.5) is 0 Å². The Hall–Kier alpha value is -0.260. The van der Waals surface area contributed by atoms with E-state index in [0.717, 1.165) is 5.75 Å². The highest BCUT2D eigenvalue weighted by Crippen LogP contribution is 2.15. The maximum Gasteiger partial charge on any atom is 0.326 e. The number of hydrogen-bond acceptors (Lipinski definition) is 5. The molecule has 0 aromatic rings. The predicted octanol–water partition coefficient (Wildman–Crippen LogP) is 0.238. The minimum atomic E-state index is -0.936. The second kappa shape index (κ2) is 6.27. The van der Waals surface area contributed by atoms with Crippen LogP contribution in [0.5, 0.6) is 0 Å². The third-order valence-corrected chi connectivity index (χ3v) is 3.38. The van der Waals surface area contributed by atoms with Crippen LogP contribution in [0.3, 0.4) is 0 Å². The average Bonchev–Trinajstić information content (AvgIpc) is 2.15. The Balaban J connectivity index is 3.82. The first-order valence-corrected chi connectivity index (χ1v) is 5.65. The fourth-order valence-corrected chi connectivity index (χ4v) is 1.98. The molecule has 2 atom stereocenters. The number of aliphatic hydroxyl groups is 1. The molecule has 0 aromatic carbocycles. The fourth-order valence-electron chi connectivity index (χ4n) is 0.817. The van der Waals surface area contributed by atoms with E-state index in [2.05, 4.69) is 4.74 Å². The Morgan fingerprint density at radius 2 is 2.29 bits per heavy atom. The average molecular weight is 221 g/mol. The highest BCUT2D eigenvalue weighted by atomic mass is 32.2. The number of thioether (sulfide) groups is 1. The zero-order valence-corrected chi connectivity index (χ0v) is 9.76. The number of nitrogens with two attached hydrogens (primary N) is 1. The molecule has 3 N–H and O–H groups in total. The summed E-state index contributed by atoms with van der Waals surface area (Å²) < 4.78 is 4.57. The highest BCUT2D eigenvalue weighted by molar-refractivity contribution is 7.99. The lowest BCUT2D eigenvalue weighted by atomic mass is 10.1. The molecule has 0 saturated carbocycles. The lowest BCUT2D eigenvalue weighted by Crippen LogP contribution is -2.48. The van der Waals surface area contributed by atoms with E-state index >= 15 is 0 Å². The van der Waals surface area contributed by atoms with E-state index in [9.17, 15) is 4.79 Å². The smallest absolute Gasteiger partial charge is 0.326 e. The van der Waals surface area contributed by atoms with Gasteiger partial charge in [-0.1, -0.05) is 6.92 Å². The summed E-state index contributed by atoms with van der Waals surface area (Å²) >= 11 is 1.55. The van der Waals surface area contributed by atoms with Gasteiger partial charge in [-0.3, -0.25) is 4.79 Å². The number of hydrogen-bond donors (Lipinski definition) is 2. The zero-order chi connectivity index (χ0) is 11.2. The van der Waals surface area contributed by atoms with Gasteiger partial charge in [0.25, 0.3) is 0 Å². The largest absolute Gasteiger partial charge is 0.468 e. The van der Waals surface area contributed by atoms with Gasteiger partial charge in [0.2, 0.25) is 0 Å². The van der Waals surface area contributed by atoms with Crippen LogP contribution in [-0.2, 0) is 9.53 Å². The van der Waals surface area contributed by atoms with Crippen LogP contribution in [0.25, 0.3) is 0 Å². The van der Waals surface area contributed by atoms with E-state index in [0.29, 0.717) is 5.75 Å². The number of ether oxygens (including phenoxy) is 1. The summed E-state index contributed by atoms with van der Waals surface area (Å²) in [6.07, 6.45) is 0. The molecule has 4 nitrogen and oxygen atoms in total. The SMILES string of the molecule is COC(=O)C(C)(N)CSCC(C)CO. The summed E-state index contributed by atoms with van der Waals surface area (Å²) in [4.78, 5) is 11.2. The van der Waals surface area contributed by atoms with Crippen molar-refractivity contribution in [2.24, 2.45) is 11.7 Å². The van der Waals surface area contributed by atoms with Gasteiger partial charge < -0.3 is 15.6 Å². The summed E-state index contributed by atoms with van der Waals surface area (Å²) in [6.45, 7) is 3.75. The van der Waals surface area contributed by atoms with Gasteiger partial charge in [0, 0.05) is 12.4 Å². The normalized spacial score (nSPS) is 17.2. The van der Waals surface area contributed by atoms with Crippen molar-refractivity contribution in [2.45, 2.75) is 19.4 Å². The number of carbonyl (C=O) groups excluding carboxylic acids is 1. The van der Waals surface area contributed by atoms with Crippen LogP contribution in [0, 0.1) is 5.92 Å². The Morgan fingerprint density at radius 3 is 2.71 bits per heavy atom. The molecule has 14 heavy (non-hydrogen) atoms. The number of carbonyl (C=O) groups is 1. The lowest BCUT2D eigenvalue weighted by Gasteiger charge is -2.21. The molecular weight excluding hydrogens is 202 g/mol. The van der Waals surface area contributed by atoms with E-state index in [-0.39, 0.29) is 12.5 Å². The molecular formula is C9H19NO3S. The molecule has 0 rings (SSSR count). The van der Waals surface area contributed by atoms with Crippen LogP contribution in [0.15, 0.2) is 0 Å². The highest BCUT2D eigenvalue weighted by Gasteiger charge is 2.29. The molecule has 0 fully saturated rings. The zero-order valence-electron chi connectivity index (χ0n) is 8.95. The second-order valence-corrected chi connectivity index (χ2v) is 4.74. The summed E-state index contributed by atoms with van der Waals surface area (Å²) in [5, 5.41) is 8.78. The van der Waals surface area contributed by atoms with E-state index in [1.165, 1.54) is 7.11 Å². The molecule has 0 saturated heterocycles. The standard InChI is InChI=1S/C9H19NO3S/c1-7(4-11)5-14-6-9(2,10)8(12)13-3/h7,11H,4-6,10H2,1-3H3. The van der Waals surface area contributed by atoms with Crippen LogP contribution in [0.1, 0.15) is 13.8 Å². The van der Waals surface area contributed by atoms with Crippen molar-refractivity contribution >= 4 is 17.7 Å². The molecule has 0 aliphatic carbocycles. The Labute approximate surface area is 89.2 Å². The second-order valence-electron chi connectivity index (χ2n) is 3.71. The van der Waals surface area contributed by atoms with Crippen LogP contribution >= 0.6 is 11.8 Å². The van der Waals surface area contributed by atoms with Crippen molar-refractivity contribution in [1.29, 1.82) is 0 Å². The lowest BCUT2D eigenvalue weighted by molar-refractivity contribution is -0.145. The van der Waals surface area contributed by atoms with Gasteiger partial charge in [-0.05, 0) is 18.6 Å². The maximum atomic E-state index is 11.2. The van der Waals surface area contributed by atoms with Crippen molar-refractivity contribution in [3.05, 3.63) is 0 Å². The van der Waals surface area contributed by atoms with Crippen molar-refractivity contribution < 1.29 is 14.6 Å². The summed E-state index contributed by atoms with van der Waals surface area (Å²) in [7, 11) is 1.33. The fraction of sp³-hybridized carbons (Fsp3) is 0.889. The van der Waals surface area contributed by atoms with Gasteiger partial charge in [-0.2, -0.15) is 11.8 Å². The number of methoxy groups -OCH3 is 1. The van der Waals surface area contributed by atoms with Gasteiger partial charge in [0.05, 0.1) is 7.11 Å². The molecule has 0 heterocycles. The Kier molecular flexibility index (Phi) is 6.15. The maximum absolute atomic E-state index is 11.2. The van der Waals surface area contributed by atoms with E-state index in [4.69, 9.17) is 10.8 Å². The summed E-state index contributed by atoms with van der Waals surface area (Å²) in [6, 6.07) is 0. The molecule has 0 radical (unpaired) electrons. The third-order valence-electron chi connectivity index (χ3n) is 1.77. The minimum absolute atomic E-state index is 0.159. The third kappa shape index (κ3) is 4.83. The molecule has 0 aliphatic rings. The topological polar surface area (TPSA) is 72.5 Å². The predicted molar refractivity (Wildman–Crippen MR) is 58.2 cm³/mol. The molecule has 0 aliphatic heterocycles. The first-order chi connectivity index (χ1) is 6.44. The van der Waals surface area contributed by atoms with Crippen molar-refractivity contribution in [2.75, 3.05) is 25.2 Å². The van der Waals surface area contributed by atoms with E-state index in [1.807, 2.05) is 6.92 Å². The minimum Gasteiger partial charge on any atom is -0.468 e. The van der Waals surface area contributed by atoms with Gasteiger partial charge >= 0.3 is 5.97 Å². The monoisotopic (exact) mass is 221 g/mol. The molecule has 5 heteroatoms. The van der Waals surface area contributed by atoms with Crippen molar-refractivity contribution in [1.82, 2.24) is 0 Å². The number of esters is 1. The van der Waals surface area contributed by atoms with Crippen LogP contribution in [-0.4, -0.2) is 41.8 Å². The number of aliphatic hydroxyl groups excluding tert-OH is 1. The Morgan fingerprint density at radius 1 is 1.71 bits per heavy atom. The van der Waals surface area contributed by atoms with E-state index in [1.54, 1.807) is 18.7 Å². The van der Waals surface area contributed by atoms with Gasteiger partial charge in [-0.15, -0.1) is 0 Å². The van der Waals surface area contributed by atoms with Crippen molar-refractivity contribution in [3.63, 3.8) is 0 Å². The molecule has 0 bridgehead atoms. The van der Waals surface area contributed by atoms with Gasteiger partial charge in [0.15, 0.2) is 0 Å². The molecule has 0 spiro atoms. The first-order valence-electron chi connectivity index (χ1n) is 4.50. The first kappa shape index (κ1) is 13.7. The summed E-state index contributed by atoms with van der Waals surface area (Å²) in [5.74, 6) is 1.12. The van der Waals surface area contributed by atoms with Crippen LogP contribution in [0.2, 0.25) is 0 Å². The molecule has 2 unspecified atom stereocenters. The van der Waals surface area contributed by atoms with Gasteiger partial charge in [0.1, 0.15) is 5.54 Å². The molecule has 84 valence electrons.